The minimum Gasteiger partial charge on any atom is -0.507 e. The maximum absolute atomic E-state index is 14.6. The first-order valence-electron chi connectivity index (χ1n) is 9.92. The molecule has 2 atom stereocenters. The zero-order valence-corrected chi connectivity index (χ0v) is 17.2. The SMILES string of the molecule is N=C(N)C(c1ccccc1F)C(CNC(=O)c1ccccc1O)c1ccccc1C(F)(F)F. The van der Waals surface area contributed by atoms with E-state index in [1.807, 2.05) is 0 Å². The number of phenolic OH excluding ortho intramolecular Hbond substituents is 1. The largest absolute Gasteiger partial charge is 0.507 e. The lowest BCUT2D eigenvalue weighted by molar-refractivity contribution is -0.138. The monoisotopic (exact) mass is 459 g/mol. The Labute approximate surface area is 187 Å². The predicted molar refractivity (Wildman–Crippen MR) is 116 cm³/mol. The summed E-state index contributed by atoms with van der Waals surface area (Å²) in [4.78, 5) is 12.6. The van der Waals surface area contributed by atoms with Gasteiger partial charge in [-0.05, 0) is 35.4 Å². The summed E-state index contributed by atoms with van der Waals surface area (Å²) in [5.41, 5.74) is 4.39. The van der Waals surface area contributed by atoms with Crippen LogP contribution in [0.4, 0.5) is 17.6 Å². The van der Waals surface area contributed by atoms with E-state index in [1.165, 1.54) is 60.7 Å². The standard InChI is InChI=1S/C24H21F4N3O2/c25-19-11-5-2-8-15(19)21(22(29)30)17(14-7-1-4-10-18(14)24(26,27)28)13-31-23(33)16-9-3-6-12-20(16)32/h1-12,17,21,32H,13H2,(H3,29,30)(H,31,33). The zero-order valence-electron chi connectivity index (χ0n) is 17.2. The Morgan fingerprint density at radius 2 is 1.55 bits per heavy atom. The van der Waals surface area contributed by atoms with Crippen LogP contribution < -0.4 is 11.1 Å². The molecule has 0 bridgehead atoms. The summed E-state index contributed by atoms with van der Waals surface area (Å²) in [6.45, 7) is -0.404. The zero-order chi connectivity index (χ0) is 24.2. The fourth-order valence-electron chi connectivity index (χ4n) is 3.78. The number of amides is 1. The van der Waals surface area contributed by atoms with Crippen LogP contribution in [0.3, 0.4) is 0 Å². The van der Waals surface area contributed by atoms with Gasteiger partial charge < -0.3 is 16.2 Å². The average molecular weight is 459 g/mol. The third-order valence-corrected chi connectivity index (χ3v) is 5.27. The number of hydrogen-bond acceptors (Lipinski definition) is 3. The summed E-state index contributed by atoms with van der Waals surface area (Å²) in [6.07, 6.45) is -4.73. The quantitative estimate of drug-likeness (QED) is 0.232. The summed E-state index contributed by atoms with van der Waals surface area (Å²) in [5.74, 6) is -4.86. The minimum absolute atomic E-state index is 0.0659. The van der Waals surface area contributed by atoms with Gasteiger partial charge in [0.1, 0.15) is 11.6 Å². The Balaban J connectivity index is 2.09. The lowest BCUT2D eigenvalue weighted by Crippen LogP contribution is -2.36. The van der Waals surface area contributed by atoms with Crippen molar-refractivity contribution < 1.29 is 27.5 Å². The third-order valence-electron chi connectivity index (χ3n) is 5.27. The first kappa shape index (κ1) is 23.8. The molecule has 0 aliphatic rings. The van der Waals surface area contributed by atoms with Gasteiger partial charge in [0.15, 0.2) is 0 Å². The van der Waals surface area contributed by atoms with Crippen molar-refractivity contribution in [1.29, 1.82) is 5.41 Å². The molecule has 9 heteroatoms. The van der Waals surface area contributed by atoms with Gasteiger partial charge in [0.2, 0.25) is 0 Å². The third kappa shape index (κ3) is 5.31. The van der Waals surface area contributed by atoms with Crippen LogP contribution in [-0.2, 0) is 6.18 Å². The highest BCUT2D eigenvalue weighted by molar-refractivity contribution is 5.97. The highest BCUT2D eigenvalue weighted by Crippen LogP contribution is 2.41. The summed E-state index contributed by atoms with van der Waals surface area (Å²) >= 11 is 0. The van der Waals surface area contributed by atoms with Crippen LogP contribution in [0.5, 0.6) is 5.75 Å². The number of aromatic hydroxyl groups is 1. The van der Waals surface area contributed by atoms with Crippen molar-refractivity contribution in [3.63, 3.8) is 0 Å². The molecule has 0 fully saturated rings. The van der Waals surface area contributed by atoms with E-state index in [4.69, 9.17) is 11.1 Å². The van der Waals surface area contributed by atoms with Gasteiger partial charge in [-0.2, -0.15) is 13.2 Å². The summed E-state index contributed by atoms with van der Waals surface area (Å²) in [5, 5.41) is 20.5. The first-order valence-corrected chi connectivity index (χ1v) is 9.92. The Kier molecular flexibility index (Phi) is 7.01. The van der Waals surface area contributed by atoms with Gasteiger partial charge >= 0.3 is 6.18 Å². The molecule has 5 nitrogen and oxygen atoms in total. The molecule has 0 aromatic heterocycles. The van der Waals surface area contributed by atoms with E-state index < -0.39 is 47.7 Å². The fraction of sp³-hybridized carbons (Fsp3) is 0.167. The second-order valence-corrected chi connectivity index (χ2v) is 7.37. The van der Waals surface area contributed by atoms with Crippen molar-refractivity contribution in [1.82, 2.24) is 5.32 Å². The normalized spacial score (nSPS) is 13.2. The predicted octanol–water partition coefficient (Wildman–Crippen LogP) is 4.78. The second-order valence-electron chi connectivity index (χ2n) is 7.37. The van der Waals surface area contributed by atoms with E-state index >= 15 is 0 Å². The van der Waals surface area contributed by atoms with Crippen molar-refractivity contribution in [2.24, 2.45) is 5.73 Å². The van der Waals surface area contributed by atoms with E-state index in [-0.39, 0.29) is 22.4 Å². The molecule has 1 amide bonds. The first-order chi connectivity index (χ1) is 15.6. The van der Waals surface area contributed by atoms with Crippen LogP contribution >= 0.6 is 0 Å². The molecule has 0 saturated carbocycles. The summed E-state index contributed by atoms with van der Waals surface area (Å²) in [6, 6.07) is 15.7. The number of carbonyl (C=O) groups is 1. The van der Waals surface area contributed by atoms with Crippen LogP contribution in [0.15, 0.2) is 72.8 Å². The van der Waals surface area contributed by atoms with Crippen molar-refractivity contribution in [3.8, 4) is 5.75 Å². The van der Waals surface area contributed by atoms with Crippen molar-refractivity contribution in [3.05, 3.63) is 101 Å². The average Bonchev–Trinajstić information content (AvgIpc) is 2.77. The molecule has 5 N–H and O–H groups in total. The number of carbonyl (C=O) groups excluding carboxylic acids is 1. The molecule has 0 spiro atoms. The van der Waals surface area contributed by atoms with Crippen LogP contribution in [0.2, 0.25) is 0 Å². The number of phenols is 1. The molecule has 0 radical (unpaired) electrons. The highest BCUT2D eigenvalue weighted by Gasteiger charge is 2.39. The van der Waals surface area contributed by atoms with Gasteiger partial charge in [-0.1, -0.05) is 48.5 Å². The van der Waals surface area contributed by atoms with Crippen molar-refractivity contribution in [2.45, 2.75) is 18.0 Å². The number of nitrogens with one attached hydrogen (secondary N) is 2. The summed E-state index contributed by atoms with van der Waals surface area (Å²) < 4.78 is 56.0. The van der Waals surface area contributed by atoms with E-state index in [0.29, 0.717) is 0 Å². The molecular formula is C24H21F4N3O2. The maximum Gasteiger partial charge on any atom is 0.416 e. The van der Waals surface area contributed by atoms with Crippen LogP contribution in [0, 0.1) is 11.2 Å². The molecule has 3 aromatic carbocycles. The van der Waals surface area contributed by atoms with E-state index in [0.717, 1.165) is 12.1 Å². The number of alkyl halides is 3. The molecule has 0 saturated heterocycles. The molecule has 0 aliphatic carbocycles. The second kappa shape index (κ2) is 9.72. The van der Waals surface area contributed by atoms with Crippen LogP contribution in [0.25, 0.3) is 0 Å². The van der Waals surface area contributed by atoms with Crippen LogP contribution in [-0.4, -0.2) is 23.4 Å². The molecule has 0 heterocycles. The molecule has 0 aliphatic heterocycles. The topological polar surface area (TPSA) is 99.2 Å². The molecule has 3 aromatic rings. The number of rotatable bonds is 7. The van der Waals surface area contributed by atoms with Crippen molar-refractivity contribution >= 4 is 11.7 Å². The number of amidine groups is 1. The molecule has 2 unspecified atom stereocenters. The van der Waals surface area contributed by atoms with Gasteiger partial charge in [0.25, 0.3) is 5.91 Å². The Morgan fingerprint density at radius 1 is 0.970 bits per heavy atom. The van der Waals surface area contributed by atoms with E-state index in [1.54, 1.807) is 0 Å². The minimum atomic E-state index is -4.73. The number of para-hydroxylation sites is 1. The molecule has 33 heavy (non-hydrogen) atoms. The lowest BCUT2D eigenvalue weighted by atomic mass is 9.78. The Hall–Kier alpha value is -3.88. The Bertz CT molecular complexity index is 1160. The van der Waals surface area contributed by atoms with Crippen LogP contribution in [0.1, 0.15) is 38.9 Å². The number of hydrogen-bond donors (Lipinski definition) is 4. The van der Waals surface area contributed by atoms with Gasteiger partial charge in [0.05, 0.1) is 22.9 Å². The smallest absolute Gasteiger partial charge is 0.416 e. The lowest BCUT2D eigenvalue weighted by Gasteiger charge is -2.30. The molecular weight excluding hydrogens is 438 g/mol. The summed E-state index contributed by atoms with van der Waals surface area (Å²) in [7, 11) is 0. The molecule has 3 rings (SSSR count). The highest BCUT2D eigenvalue weighted by atomic mass is 19.4. The van der Waals surface area contributed by atoms with Gasteiger partial charge in [0, 0.05) is 12.5 Å². The molecule has 172 valence electrons. The number of nitrogens with two attached hydrogens (primary N) is 1. The van der Waals surface area contributed by atoms with Gasteiger partial charge in [-0.3, -0.25) is 10.2 Å². The Morgan fingerprint density at radius 3 is 2.15 bits per heavy atom. The fourth-order valence-corrected chi connectivity index (χ4v) is 3.78. The van der Waals surface area contributed by atoms with Gasteiger partial charge in [-0.25, -0.2) is 4.39 Å². The number of benzene rings is 3. The number of halogens is 4. The van der Waals surface area contributed by atoms with Gasteiger partial charge in [-0.15, -0.1) is 0 Å². The van der Waals surface area contributed by atoms with E-state index in [9.17, 15) is 27.5 Å². The van der Waals surface area contributed by atoms with E-state index in [2.05, 4.69) is 5.32 Å². The van der Waals surface area contributed by atoms with Crippen molar-refractivity contribution in [2.75, 3.05) is 6.54 Å². The maximum atomic E-state index is 14.6.